The molecule has 0 fully saturated rings. The van der Waals surface area contributed by atoms with Gasteiger partial charge < -0.3 is 5.32 Å². The molecule has 0 aliphatic heterocycles. The average molecular weight is 342 g/mol. The molecule has 0 spiro atoms. The van der Waals surface area contributed by atoms with Gasteiger partial charge in [0.15, 0.2) is 5.69 Å². The molecule has 0 saturated heterocycles. The second-order valence-corrected chi connectivity index (χ2v) is 5.84. The summed E-state index contributed by atoms with van der Waals surface area (Å²) in [7, 11) is 0. The minimum Gasteiger partial charge on any atom is -0.320 e. The second kappa shape index (κ2) is 6.45. The van der Waals surface area contributed by atoms with Crippen molar-refractivity contribution in [2.75, 3.05) is 5.32 Å². The molecule has 1 amide bonds. The Morgan fingerprint density at radius 2 is 2.00 bits per heavy atom. The molecule has 3 aromatic rings. The van der Waals surface area contributed by atoms with Crippen molar-refractivity contribution in [2.45, 2.75) is 20.4 Å². The lowest BCUT2D eigenvalue weighted by molar-refractivity contribution is 0.101. The zero-order valence-corrected chi connectivity index (χ0v) is 14.1. The molecule has 5 nitrogen and oxygen atoms in total. The molecule has 0 radical (unpaired) electrons. The fraction of sp³-hybridized carbons (Fsp3) is 0.167. The third-order valence-corrected chi connectivity index (χ3v) is 4.21. The van der Waals surface area contributed by atoms with Gasteiger partial charge in [0.1, 0.15) is 0 Å². The van der Waals surface area contributed by atoms with Crippen LogP contribution in [0.3, 0.4) is 0 Å². The van der Waals surface area contributed by atoms with E-state index in [1.807, 2.05) is 26.0 Å². The SMILES string of the molecule is CCn1nc(C(=O)Nc2ccc(C)c(Cl)c2)c(=O)c2ccccc21. The third kappa shape index (κ3) is 2.90. The quantitative estimate of drug-likeness (QED) is 0.791. The van der Waals surface area contributed by atoms with E-state index in [9.17, 15) is 9.59 Å². The minimum atomic E-state index is -0.548. The highest BCUT2D eigenvalue weighted by atomic mass is 35.5. The van der Waals surface area contributed by atoms with Crippen LogP contribution in [0.5, 0.6) is 0 Å². The fourth-order valence-electron chi connectivity index (χ4n) is 2.49. The number of amides is 1. The van der Waals surface area contributed by atoms with Gasteiger partial charge in [0.05, 0.1) is 5.52 Å². The maximum Gasteiger partial charge on any atom is 0.280 e. The topological polar surface area (TPSA) is 64.0 Å². The Balaban J connectivity index is 2.05. The van der Waals surface area contributed by atoms with Crippen LogP contribution in [0.15, 0.2) is 47.3 Å². The second-order valence-electron chi connectivity index (χ2n) is 5.43. The number of hydrogen-bond acceptors (Lipinski definition) is 3. The Morgan fingerprint density at radius 3 is 2.71 bits per heavy atom. The molecule has 6 heteroatoms. The first-order chi connectivity index (χ1) is 11.5. The number of benzene rings is 2. The molecule has 1 N–H and O–H groups in total. The van der Waals surface area contributed by atoms with E-state index >= 15 is 0 Å². The van der Waals surface area contributed by atoms with Gasteiger partial charge in [0, 0.05) is 22.6 Å². The van der Waals surface area contributed by atoms with Crippen molar-refractivity contribution in [1.82, 2.24) is 9.78 Å². The Hall–Kier alpha value is -2.66. The van der Waals surface area contributed by atoms with E-state index < -0.39 is 5.91 Å². The van der Waals surface area contributed by atoms with Crippen molar-refractivity contribution in [1.29, 1.82) is 0 Å². The number of aromatic nitrogens is 2. The number of fused-ring (bicyclic) bond motifs is 1. The number of nitrogens with zero attached hydrogens (tertiary/aromatic N) is 2. The highest BCUT2D eigenvalue weighted by Crippen LogP contribution is 2.20. The molecular formula is C18H16ClN3O2. The molecule has 3 rings (SSSR count). The molecule has 0 bridgehead atoms. The molecule has 0 aliphatic rings. The number of hydrogen-bond donors (Lipinski definition) is 1. The number of rotatable bonds is 3. The molecular weight excluding hydrogens is 326 g/mol. The summed E-state index contributed by atoms with van der Waals surface area (Å²) in [4.78, 5) is 25.1. The number of aryl methyl sites for hydroxylation is 2. The highest BCUT2D eigenvalue weighted by molar-refractivity contribution is 6.31. The molecule has 122 valence electrons. The van der Waals surface area contributed by atoms with E-state index in [4.69, 9.17) is 11.6 Å². The Bertz CT molecular complexity index is 995. The first kappa shape index (κ1) is 16.2. The summed E-state index contributed by atoms with van der Waals surface area (Å²) < 4.78 is 1.65. The number of halogens is 1. The number of carbonyl (C=O) groups excluding carboxylic acids is 1. The van der Waals surface area contributed by atoms with Crippen LogP contribution in [-0.4, -0.2) is 15.7 Å². The van der Waals surface area contributed by atoms with Crippen LogP contribution in [-0.2, 0) is 6.54 Å². The van der Waals surface area contributed by atoms with Gasteiger partial charge in [-0.1, -0.05) is 29.8 Å². The van der Waals surface area contributed by atoms with Gasteiger partial charge in [-0.15, -0.1) is 0 Å². The smallest absolute Gasteiger partial charge is 0.280 e. The molecule has 24 heavy (non-hydrogen) atoms. The number of anilines is 1. The molecule has 0 atom stereocenters. The van der Waals surface area contributed by atoms with Crippen LogP contribution in [0.1, 0.15) is 23.0 Å². The molecule has 0 saturated carbocycles. The van der Waals surface area contributed by atoms with Crippen LogP contribution in [0.4, 0.5) is 5.69 Å². The van der Waals surface area contributed by atoms with Crippen molar-refractivity contribution >= 4 is 34.1 Å². The summed E-state index contributed by atoms with van der Waals surface area (Å²) in [6, 6.07) is 12.3. The van der Waals surface area contributed by atoms with E-state index in [1.165, 1.54) is 0 Å². The Morgan fingerprint density at radius 1 is 1.25 bits per heavy atom. The van der Waals surface area contributed by atoms with Gasteiger partial charge >= 0.3 is 0 Å². The number of carbonyl (C=O) groups is 1. The highest BCUT2D eigenvalue weighted by Gasteiger charge is 2.17. The van der Waals surface area contributed by atoms with Gasteiger partial charge in [-0.25, -0.2) is 0 Å². The Kier molecular flexibility index (Phi) is 4.36. The summed E-state index contributed by atoms with van der Waals surface area (Å²) in [6.07, 6.45) is 0. The molecule has 1 heterocycles. The zero-order valence-electron chi connectivity index (χ0n) is 13.3. The van der Waals surface area contributed by atoms with Crippen LogP contribution in [0, 0.1) is 6.92 Å². The molecule has 2 aromatic carbocycles. The van der Waals surface area contributed by atoms with E-state index in [1.54, 1.807) is 35.0 Å². The third-order valence-electron chi connectivity index (χ3n) is 3.81. The van der Waals surface area contributed by atoms with Gasteiger partial charge in [-0.3, -0.25) is 14.3 Å². The fourth-order valence-corrected chi connectivity index (χ4v) is 2.67. The first-order valence-electron chi connectivity index (χ1n) is 7.58. The first-order valence-corrected chi connectivity index (χ1v) is 7.96. The average Bonchev–Trinajstić information content (AvgIpc) is 2.58. The van der Waals surface area contributed by atoms with Crippen molar-refractivity contribution in [3.63, 3.8) is 0 Å². The Labute approximate surface area is 143 Å². The predicted octanol–water partition coefficient (Wildman–Crippen LogP) is 3.63. The predicted molar refractivity (Wildman–Crippen MR) is 95.8 cm³/mol. The summed E-state index contributed by atoms with van der Waals surface area (Å²) in [5.41, 5.74) is 1.62. The monoisotopic (exact) mass is 341 g/mol. The van der Waals surface area contributed by atoms with Crippen LogP contribution < -0.4 is 10.7 Å². The molecule has 1 aromatic heterocycles. The van der Waals surface area contributed by atoms with Crippen molar-refractivity contribution in [3.05, 3.63) is 69.0 Å². The largest absolute Gasteiger partial charge is 0.320 e. The van der Waals surface area contributed by atoms with E-state index in [0.29, 0.717) is 28.2 Å². The maximum atomic E-state index is 12.6. The van der Waals surface area contributed by atoms with E-state index in [0.717, 1.165) is 5.56 Å². The molecule has 0 aliphatic carbocycles. The van der Waals surface area contributed by atoms with Crippen molar-refractivity contribution < 1.29 is 4.79 Å². The van der Waals surface area contributed by atoms with Crippen LogP contribution >= 0.6 is 11.6 Å². The van der Waals surface area contributed by atoms with Gasteiger partial charge in [0.2, 0.25) is 5.43 Å². The van der Waals surface area contributed by atoms with Gasteiger partial charge in [-0.05, 0) is 43.7 Å². The maximum absolute atomic E-state index is 12.6. The normalized spacial score (nSPS) is 10.8. The standard InChI is InChI=1S/C18H16ClN3O2/c1-3-22-15-7-5-4-6-13(15)17(23)16(21-22)18(24)20-12-9-8-11(2)14(19)10-12/h4-10H,3H2,1-2H3,(H,20,24). The minimum absolute atomic E-state index is 0.132. The number of para-hydroxylation sites is 1. The lowest BCUT2D eigenvalue weighted by atomic mass is 10.2. The van der Waals surface area contributed by atoms with Crippen molar-refractivity contribution in [3.8, 4) is 0 Å². The molecule has 0 unspecified atom stereocenters. The van der Waals surface area contributed by atoms with Crippen molar-refractivity contribution in [2.24, 2.45) is 0 Å². The zero-order chi connectivity index (χ0) is 17.3. The lowest BCUT2D eigenvalue weighted by Gasteiger charge is -2.10. The van der Waals surface area contributed by atoms with Crippen LogP contribution in [0.25, 0.3) is 10.9 Å². The van der Waals surface area contributed by atoms with Gasteiger partial charge in [-0.2, -0.15) is 5.10 Å². The summed E-state index contributed by atoms with van der Waals surface area (Å²) in [5, 5.41) is 7.92. The van der Waals surface area contributed by atoms with Gasteiger partial charge in [0.25, 0.3) is 5.91 Å². The summed E-state index contributed by atoms with van der Waals surface area (Å²) in [6.45, 7) is 4.33. The summed E-state index contributed by atoms with van der Waals surface area (Å²) >= 11 is 6.07. The van der Waals surface area contributed by atoms with E-state index in [-0.39, 0.29) is 11.1 Å². The number of nitrogens with one attached hydrogen (secondary N) is 1. The van der Waals surface area contributed by atoms with Crippen LogP contribution in [0.2, 0.25) is 5.02 Å². The summed E-state index contributed by atoms with van der Waals surface area (Å²) in [5.74, 6) is -0.548. The lowest BCUT2D eigenvalue weighted by Crippen LogP contribution is -2.27. The van der Waals surface area contributed by atoms with E-state index in [2.05, 4.69) is 10.4 Å².